The summed E-state index contributed by atoms with van der Waals surface area (Å²) >= 11 is 4.93. The third kappa shape index (κ3) is 6.33. The van der Waals surface area contributed by atoms with Crippen molar-refractivity contribution in [3.8, 4) is 0 Å². The maximum absolute atomic E-state index is 12.4. The molecule has 0 amide bonds. The Bertz CT molecular complexity index is 531. The zero-order valence-electron chi connectivity index (χ0n) is 13.0. The molecule has 8 heteroatoms. The van der Waals surface area contributed by atoms with Crippen molar-refractivity contribution >= 4 is 37.5 Å². The van der Waals surface area contributed by atoms with E-state index in [4.69, 9.17) is 0 Å². The standard InChI is InChI=1S/C13H24BrN3O2S2/c1-11(2)15-6-5-7-16(3)21(18,19)17(4)9-13-8-12(14)10-20-13/h8,10-11,15H,5-7,9H2,1-4H3. The van der Waals surface area contributed by atoms with Gasteiger partial charge in [0, 0.05) is 48.0 Å². The summed E-state index contributed by atoms with van der Waals surface area (Å²) in [5.41, 5.74) is 0. The van der Waals surface area contributed by atoms with E-state index in [0.29, 0.717) is 19.1 Å². The van der Waals surface area contributed by atoms with Gasteiger partial charge in [-0.1, -0.05) is 13.8 Å². The summed E-state index contributed by atoms with van der Waals surface area (Å²) in [7, 11) is -0.151. The molecule has 0 aliphatic carbocycles. The molecule has 0 aliphatic rings. The Kier molecular flexibility index (Phi) is 7.80. The van der Waals surface area contributed by atoms with E-state index in [1.807, 2.05) is 11.4 Å². The molecule has 1 rings (SSSR count). The summed E-state index contributed by atoms with van der Waals surface area (Å²) in [6, 6.07) is 2.37. The highest BCUT2D eigenvalue weighted by molar-refractivity contribution is 9.10. The Morgan fingerprint density at radius 2 is 2.00 bits per heavy atom. The molecular formula is C13H24BrN3O2S2. The van der Waals surface area contributed by atoms with Gasteiger partial charge >= 0.3 is 0 Å². The van der Waals surface area contributed by atoms with Gasteiger partial charge in [-0.25, -0.2) is 0 Å². The lowest BCUT2D eigenvalue weighted by Gasteiger charge is -2.24. The molecule has 0 saturated heterocycles. The van der Waals surface area contributed by atoms with Crippen molar-refractivity contribution in [3.05, 3.63) is 20.8 Å². The minimum Gasteiger partial charge on any atom is -0.314 e. The number of hydrogen-bond donors (Lipinski definition) is 1. The van der Waals surface area contributed by atoms with E-state index in [-0.39, 0.29) is 0 Å². The van der Waals surface area contributed by atoms with Crippen molar-refractivity contribution in [2.75, 3.05) is 27.2 Å². The van der Waals surface area contributed by atoms with E-state index >= 15 is 0 Å². The number of halogens is 1. The van der Waals surface area contributed by atoms with Crippen LogP contribution in [0.15, 0.2) is 15.9 Å². The molecule has 0 radical (unpaired) electrons. The Morgan fingerprint density at radius 1 is 1.33 bits per heavy atom. The van der Waals surface area contributed by atoms with Crippen LogP contribution >= 0.6 is 27.3 Å². The van der Waals surface area contributed by atoms with Gasteiger partial charge in [-0.3, -0.25) is 0 Å². The van der Waals surface area contributed by atoms with Crippen molar-refractivity contribution in [1.82, 2.24) is 13.9 Å². The largest absolute Gasteiger partial charge is 0.314 e. The lowest BCUT2D eigenvalue weighted by molar-refractivity contribution is 0.383. The van der Waals surface area contributed by atoms with E-state index < -0.39 is 10.2 Å². The van der Waals surface area contributed by atoms with Crippen LogP contribution in [-0.4, -0.2) is 50.3 Å². The molecule has 0 aliphatic heterocycles. The maximum atomic E-state index is 12.4. The average molecular weight is 398 g/mol. The van der Waals surface area contributed by atoms with Crippen LogP contribution in [0.25, 0.3) is 0 Å². The first-order chi connectivity index (χ1) is 9.73. The first-order valence-corrected chi connectivity index (χ1v) is 9.94. The molecule has 1 aromatic rings. The van der Waals surface area contributed by atoms with Gasteiger partial charge in [0.05, 0.1) is 0 Å². The molecule has 0 aromatic carbocycles. The number of hydrogen-bond acceptors (Lipinski definition) is 4. The quantitative estimate of drug-likeness (QED) is 0.651. The Morgan fingerprint density at radius 3 is 2.52 bits per heavy atom. The number of nitrogens with one attached hydrogen (secondary N) is 1. The summed E-state index contributed by atoms with van der Waals surface area (Å²) in [6.07, 6.45) is 0.798. The lowest BCUT2D eigenvalue weighted by Crippen LogP contribution is -2.40. The highest BCUT2D eigenvalue weighted by atomic mass is 79.9. The molecule has 1 N–H and O–H groups in total. The highest BCUT2D eigenvalue weighted by Gasteiger charge is 2.23. The van der Waals surface area contributed by atoms with Crippen LogP contribution in [0.3, 0.4) is 0 Å². The monoisotopic (exact) mass is 397 g/mol. The van der Waals surface area contributed by atoms with Gasteiger partial charge in [-0.15, -0.1) is 11.3 Å². The van der Waals surface area contributed by atoms with E-state index in [1.165, 1.54) is 8.61 Å². The molecule has 1 heterocycles. The third-order valence-corrected chi connectivity index (χ3v) is 6.56. The predicted molar refractivity (Wildman–Crippen MR) is 92.8 cm³/mol. The minimum atomic E-state index is -3.40. The summed E-state index contributed by atoms with van der Waals surface area (Å²) in [5, 5.41) is 5.24. The zero-order valence-corrected chi connectivity index (χ0v) is 16.2. The minimum absolute atomic E-state index is 0.396. The smallest absolute Gasteiger partial charge is 0.281 e. The second kappa shape index (κ2) is 8.59. The van der Waals surface area contributed by atoms with Crippen LogP contribution in [0.4, 0.5) is 0 Å². The summed E-state index contributed by atoms with van der Waals surface area (Å²) in [6.45, 7) is 5.88. The van der Waals surface area contributed by atoms with Crippen LogP contribution in [0, 0.1) is 0 Å². The highest BCUT2D eigenvalue weighted by Crippen LogP contribution is 2.22. The Labute approximate surface area is 140 Å². The van der Waals surface area contributed by atoms with E-state index in [2.05, 4.69) is 35.1 Å². The third-order valence-electron chi connectivity index (χ3n) is 2.99. The van der Waals surface area contributed by atoms with Gasteiger partial charge in [-0.05, 0) is 35.0 Å². The Balaban J connectivity index is 2.50. The molecule has 122 valence electrons. The average Bonchev–Trinajstić information content (AvgIpc) is 2.79. The van der Waals surface area contributed by atoms with Crippen molar-refractivity contribution in [2.45, 2.75) is 32.9 Å². The first kappa shape index (κ1) is 19.1. The van der Waals surface area contributed by atoms with E-state index in [0.717, 1.165) is 22.3 Å². The maximum Gasteiger partial charge on any atom is 0.281 e. The van der Waals surface area contributed by atoms with Crippen LogP contribution in [-0.2, 0) is 16.8 Å². The number of nitrogens with zero attached hydrogens (tertiary/aromatic N) is 2. The molecule has 1 aromatic heterocycles. The summed E-state index contributed by atoms with van der Waals surface area (Å²) in [4.78, 5) is 1.02. The zero-order chi connectivity index (χ0) is 16.0. The molecule has 21 heavy (non-hydrogen) atoms. The fourth-order valence-corrected chi connectivity index (χ4v) is 4.51. The molecule has 0 spiro atoms. The molecule has 0 fully saturated rings. The van der Waals surface area contributed by atoms with Crippen molar-refractivity contribution < 1.29 is 8.42 Å². The molecular weight excluding hydrogens is 374 g/mol. The van der Waals surface area contributed by atoms with Gasteiger partial charge in [-0.2, -0.15) is 17.0 Å². The molecule has 0 saturated carbocycles. The molecule has 0 unspecified atom stereocenters. The van der Waals surface area contributed by atoms with Crippen LogP contribution in [0.5, 0.6) is 0 Å². The van der Waals surface area contributed by atoms with Crippen LogP contribution in [0.2, 0.25) is 0 Å². The summed E-state index contributed by atoms with van der Waals surface area (Å²) < 4.78 is 28.6. The molecule has 0 bridgehead atoms. The Hall–Kier alpha value is 0.01000. The SMILES string of the molecule is CC(C)NCCCN(C)S(=O)(=O)N(C)Cc1cc(Br)cs1. The lowest BCUT2D eigenvalue weighted by atomic mass is 10.3. The number of thiophene rings is 1. The van der Waals surface area contributed by atoms with Gasteiger partial charge < -0.3 is 5.32 Å². The van der Waals surface area contributed by atoms with Crippen LogP contribution in [0.1, 0.15) is 25.1 Å². The second-order valence-electron chi connectivity index (χ2n) is 5.28. The number of rotatable bonds is 9. The molecule has 0 atom stereocenters. The van der Waals surface area contributed by atoms with Crippen LogP contribution < -0.4 is 5.32 Å². The van der Waals surface area contributed by atoms with E-state index in [9.17, 15) is 8.42 Å². The van der Waals surface area contributed by atoms with Crippen molar-refractivity contribution in [3.63, 3.8) is 0 Å². The fraction of sp³-hybridized carbons (Fsp3) is 0.692. The van der Waals surface area contributed by atoms with Gasteiger partial charge in [0.1, 0.15) is 0 Å². The molecule has 5 nitrogen and oxygen atoms in total. The first-order valence-electron chi connectivity index (χ1n) is 6.87. The van der Waals surface area contributed by atoms with Gasteiger partial charge in [0.2, 0.25) is 0 Å². The topological polar surface area (TPSA) is 52.7 Å². The fourth-order valence-electron chi connectivity index (χ4n) is 1.78. The summed E-state index contributed by atoms with van der Waals surface area (Å²) in [5.74, 6) is 0. The van der Waals surface area contributed by atoms with Gasteiger partial charge in [0.15, 0.2) is 0 Å². The normalized spacial score (nSPS) is 12.8. The van der Waals surface area contributed by atoms with Gasteiger partial charge in [0.25, 0.3) is 10.2 Å². The van der Waals surface area contributed by atoms with Crippen molar-refractivity contribution in [2.24, 2.45) is 0 Å². The van der Waals surface area contributed by atoms with Crippen molar-refractivity contribution in [1.29, 1.82) is 0 Å². The predicted octanol–water partition coefficient (Wildman–Crippen LogP) is 2.51. The second-order valence-corrected chi connectivity index (χ2v) is 9.33. The van der Waals surface area contributed by atoms with E-state index in [1.54, 1.807) is 25.4 Å².